The van der Waals surface area contributed by atoms with Gasteiger partial charge in [0.05, 0.1) is 19.6 Å². The maximum Gasteiger partial charge on any atom is 0.325 e. The predicted octanol–water partition coefficient (Wildman–Crippen LogP) is -3.51. The lowest BCUT2D eigenvalue weighted by molar-refractivity contribution is -0.142. The SMILES string of the molecule is C[C@H](NC(=O)[C@H](Cc1ccccc1)NC(=O)CNC(=O)[C@H](C)NC(=O)[C@@H]1CCCN1C(=O)CNC(=O)[C@@H]1CCCN1C(=O)[C@H](C)NC(=O)CN)C(=O)O. The van der Waals surface area contributed by atoms with Crippen molar-refractivity contribution in [3.05, 3.63) is 35.9 Å². The number of carboxylic acids is 1. The van der Waals surface area contributed by atoms with E-state index in [4.69, 9.17) is 10.8 Å². The van der Waals surface area contributed by atoms with Crippen LogP contribution in [0.3, 0.4) is 0 Å². The van der Waals surface area contributed by atoms with Gasteiger partial charge in [-0.25, -0.2) is 0 Å². The molecule has 1 aromatic carbocycles. The molecule has 19 heteroatoms. The summed E-state index contributed by atoms with van der Waals surface area (Å²) in [7, 11) is 0. The lowest BCUT2D eigenvalue weighted by Crippen LogP contribution is -2.56. The fourth-order valence-electron chi connectivity index (χ4n) is 6.01. The molecule has 2 fully saturated rings. The summed E-state index contributed by atoms with van der Waals surface area (Å²) in [5, 5.41) is 24.0. The smallest absolute Gasteiger partial charge is 0.325 e. The molecular weight excluding hydrogens is 694 g/mol. The number of nitrogens with zero attached hydrogens (tertiary/aromatic N) is 2. The third-order valence-corrected chi connectivity index (χ3v) is 8.90. The lowest BCUT2D eigenvalue weighted by atomic mass is 10.0. The quantitative estimate of drug-likeness (QED) is 0.0775. The van der Waals surface area contributed by atoms with Crippen molar-refractivity contribution in [1.29, 1.82) is 0 Å². The standard InChI is InChI=1S/C34H49N9O10/c1-19(29(47)36-17-27(45)41-23(15-22-9-5-4-6-10-22)30(48)40-21(3)34(52)53)39-32(50)25-12-7-13-42(25)28(46)18-37-31(49)24-11-8-14-43(24)33(51)20(2)38-26(44)16-35/h4-6,9-10,19-21,23-25H,7-8,11-18,35H2,1-3H3,(H,36,47)(H,37,49)(H,38,44)(H,39,50)(H,40,48)(H,41,45)(H,52,53)/t19-,20-,21-,23-,24-,25-/m0/s1. The van der Waals surface area contributed by atoms with Gasteiger partial charge in [-0.15, -0.1) is 0 Å². The molecular formula is C34H49N9O10. The number of benzene rings is 1. The first kappa shape index (κ1) is 41.8. The number of amides is 8. The van der Waals surface area contributed by atoms with Gasteiger partial charge < -0.3 is 52.5 Å². The molecule has 0 spiro atoms. The minimum atomic E-state index is -1.26. The van der Waals surface area contributed by atoms with Crippen molar-refractivity contribution >= 4 is 53.2 Å². The Morgan fingerprint density at radius 2 is 1.34 bits per heavy atom. The van der Waals surface area contributed by atoms with Crippen LogP contribution in [0, 0.1) is 0 Å². The molecule has 9 N–H and O–H groups in total. The Balaban J connectivity index is 1.49. The lowest BCUT2D eigenvalue weighted by Gasteiger charge is -2.28. The van der Waals surface area contributed by atoms with E-state index in [2.05, 4.69) is 31.9 Å². The number of nitrogens with one attached hydrogen (secondary N) is 6. The average Bonchev–Trinajstić information content (AvgIpc) is 3.83. The zero-order valence-electron chi connectivity index (χ0n) is 30.0. The zero-order chi connectivity index (χ0) is 39.2. The Labute approximate surface area is 306 Å². The summed E-state index contributed by atoms with van der Waals surface area (Å²) in [5.41, 5.74) is 6.00. The van der Waals surface area contributed by atoms with Crippen molar-refractivity contribution in [2.45, 2.75) is 89.1 Å². The summed E-state index contributed by atoms with van der Waals surface area (Å²) < 4.78 is 0. The first-order valence-corrected chi connectivity index (χ1v) is 17.4. The van der Waals surface area contributed by atoms with Crippen LogP contribution in [0.5, 0.6) is 0 Å². The van der Waals surface area contributed by atoms with Gasteiger partial charge in [-0.05, 0) is 52.0 Å². The van der Waals surface area contributed by atoms with Crippen molar-refractivity contribution in [3.8, 4) is 0 Å². The topological polar surface area (TPSA) is 279 Å². The van der Waals surface area contributed by atoms with E-state index in [0.29, 0.717) is 37.8 Å². The minimum Gasteiger partial charge on any atom is -0.480 e. The molecule has 6 atom stereocenters. The van der Waals surface area contributed by atoms with E-state index in [1.165, 1.54) is 30.6 Å². The molecule has 0 unspecified atom stereocenters. The molecule has 0 aromatic heterocycles. The van der Waals surface area contributed by atoms with Gasteiger partial charge in [0.25, 0.3) is 0 Å². The summed E-state index contributed by atoms with van der Waals surface area (Å²) in [6.07, 6.45) is 1.79. The number of likely N-dealkylation sites (tertiary alicyclic amines) is 2. The average molecular weight is 744 g/mol. The largest absolute Gasteiger partial charge is 0.480 e. The van der Waals surface area contributed by atoms with Crippen LogP contribution < -0.4 is 37.6 Å². The van der Waals surface area contributed by atoms with Gasteiger partial charge in [0, 0.05) is 19.5 Å². The molecule has 2 aliphatic rings. The minimum absolute atomic E-state index is 0.0555. The summed E-state index contributed by atoms with van der Waals surface area (Å²) in [4.78, 5) is 116. The molecule has 290 valence electrons. The van der Waals surface area contributed by atoms with Gasteiger partial charge in [-0.1, -0.05) is 30.3 Å². The highest BCUT2D eigenvalue weighted by atomic mass is 16.4. The zero-order valence-corrected chi connectivity index (χ0v) is 30.0. The second-order valence-corrected chi connectivity index (χ2v) is 13.0. The molecule has 2 heterocycles. The van der Waals surface area contributed by atoms with Gasteiger partial charge in [0.1, 0.15) is 36.3 Å². The number of rotatable bonds is 17. The molecule has 0 aliphatic carbocycles. The normalized spacial score (nSPS) is 18.8. The molecule has 0 saturated carbocycles. The fraction of sp³-hybridized carbons (Fsp3) is 0.559. The third kappa shape index (κ3) is 12.3. The first-order valence-electron chi connectivity index (χ1n) is 17.4. The van der Waals surface area contributed by atoms with Gasteiger partial charge in [-0.3, -0.25) is 43.2 Å². The maximum absolute atomic E-state index is 13.2. The molecule has 53 heavy (non-hydrogen) atoms. The summed E-state index contributed by atoms with van der Waals surface area (Å²) >= 11 is 0. The van der Waals surface area contributed by atoms with Gasteiger partial charge in [0.15, 0.2) is 0 Å². The van der Waals surface area contributed by atoms with Crippen molar-refractivity contribution < 1.29 is 48.3 Å². The summed E-state index contributed by atoms with van der Waals surface area (Å²) in [5.74, 6) is -6.08. The molecule has 2 aliphatic heterocycles. The van der Waals surface area contributed by atoms with Crippen molar-refractivity contribution in [3.63, 3.8) is 0 Å². The van der Waals surface area contributed by atoms with Crippen LogP contribution in [0.4, 0.5) is 0 Å². The first-order chi connectivity index (χ1) is 25.1. The highest BCUT2D eigenvalue weighted by Crippen LogP contribution is 2.20. The van der Waals surface area contributed by atoms with Crippen LogP contribution in [-0.2, 0) is 49.6 Å². The summed E-state index contributed by atoms with van der Waals surface area (Å²) in [6, 6.07) is 2.62. The van der Waals surface area contributed by atoms with E-state index in [1.54, 1.807) is 30.3 Å². The van der Waals surface area contributed by atoms with E-state index in [1.807, 2.05) is 0 Å². The Hall–Kier alpha value is -5.59. The Morgan fingerprint density at radius 3 is 1.96 bits per heavy atom. The Morgan fingerprint density at radius 1 is 0.717 bits per heavy atom. The predicted molar refractivity (Wildman–Crippen MR) is 187 cm³/mol. The molecule has 0 radical (unpaired) electrons. The summed E-state index contributed by atoms with van der Waals surface area (Å²) in [6.45, 7) is 3.44. The maximum atomic E-state index is 13.2. The van der Waals surface area contributed by atoms with Crippen LogP contribution in [0.1, 0.15) is 52.0 Å². The molecule has 3 rings (SSSR count). The fourth-order valence-corrected chi connectivity index (χ4v) is 6.01. The van der Waals surface area contributed by atoms with E-state index >= 15 is 0 Å². The molecule has 2 saturated heterocycles. The van der Waals surface area contributed by atoms with Crippen molar-refractivity contribution in [1.82, 2.24) is 41.7 Å². The number of aliphatic carboxylic acids is 1. The molecule has 1 aromatic rings. The van der Waals surface area contributed by atoms with Crippen LogP contribution in [0.15, 0.2) is 30.3 Å². The number of hydrogen-bond acceptors (Lipinski definition) is 10. The number of carbonyl (C=O) groups is 9. The third-order valence-electron chi connectivity index (χ3n) is 8.90. The highest BCUT2D eigenvalue weighted by Gasteiger charge is 2.38. The molecule has 19 nitrogen and oxygen atoms in total. The number of hydrogen-bond donors (Lipinski definition) is 8. The van der Waals surface area contributed by atoms with Gasteiger partial charge >= 0.3 is 5.97 Å². The number of carboxylic acid groups (broad SMARTS) is 1. The van der Waals surface area contributed by atoms with Crippen LogP contribution >= 0.6 is 0 Å². The van der Waals surface area contributed by atoms with Crippen molar-refractivity contribution in [2.24, 2.45) is 5.73 Å². The monoisotopic (exact) mass is 743 g/mol. The van der Waals surface area contributed by atoms with E-state index in [-0.39, 0.29) is 19.5 Å². The highest BCUT2D eigenvalue weighted by molar-refractivity contribution is 5.96. The van der Waals surface area contributed by atoms with Crippen LogP contribution in [0.25, 0.3) is 0 Å². The molecule has 0 bridgehead atoms. The van der Waals surface area contributed by atoms with Crippen LogP contribution in [-0.4, -0.2) is 137 Å². The van der Waals surface area contributed by atoms with E-state index in [0.717, 1.165) is 0 Å². The van der Waals surface area contributed by atoms with E-state index in [9.17, 15) is 43.2 Å². The van der Waals surface area contributed by atoms with E-state index < -0.39 is 103 Å². The number of nitrogens with two attached hydrogens (primary N) is 1. The van der Waals surface area contributed by atoms with Crippen LogP contribution in [0.2, 0.25) is 0 Å². The Kier molecular flexibility index (Phi) is 15.7. The second-order valence-electron chi connectivity index (χ2n) is 13.0. The van der Waals surface area contributed by atoms with Gasteiger partial charge in [0.2, 0.25) is 47.3 Å². The number of carbonyl (C=O) groups excluding carboxylic acids is 8. The Bertz CT molecular complexity index is 1540. The van der Waals surface area contributed by atoms with Crippen molar-refractivity contribution in [2.75, 3.05) is 32.7 Å². The molecule has 8 amide bonds. The second kappa shape index (κ2) is 19.9. The van der Waals surface area contributed by atoms with Gasteiger partial charge in [-0.2, -0.15) is 0 Å².